The summed E-state index contributed by atoms with van der Waals surface area (Å²) < 4.78 is 27.6. The van der Waals surface area contributed by atoms with E-state index in [4.69, 9.17) is 29.0 Å². The van der Waals surface area contributed by atoms with Crippen molar-refractivity contribution in [2.75, 3.05) is 50.1 Å². The maximum atomic E-state index is 13.8. The lowest BCUT2D eigenvalue weighted by Gasteiger charge is -2.69. The second kappa shape index (κ2) is 26.6. The number of aliphatic hydroxyl groups excluding tert-OH is 2. The SMILES string of the molecule is Cc1c(-c2ccc(N3CCc4cccc(C(=O)Nc5nc6ccccc6s5)c4C3)nc2C(=O)O)cnn1CC12CC3(C)CC(C)(C1)CC(OCCN(C)C(=O)OCc1ccc(CCCCCNC(=O)CCN4C(=O)C=CC4=O)cc1O[C@H]1C[C@@H](O)[C@H](O)[C@@H](C(=O)O)O1)(C3)C2. The number of aromatic carboxylic acids is 1. The number of nitrogens with zero attached hydrogens (tertiary/aromatic N) is 7. The molecule has 5 fully saturated rings. The monoisotopic (exact) mass is 1310 g/mol. The fourth-order valence-corrected chi connectivity index (χ4v) is 17.1. The summed E-state index contributed by atoms with van der Waals surface area (Å²) in [7, 11) is 1.64. The van der Waals surface area contributed by atoms with Crippen LogP contribution in [0.25, 0.3) is 21.3 Å². The quantitative estimate of drug-likeness (QED) is 0.0232. The molecule has 6 aromatic rings. The van der Waals surface area contributed by atoms with Crippen molar-refractivity contribution in [1.82, 2.24) is 34.9 Å². The number of hydrogen-bond donors (Lipinski definition) is 6. The number of thiazole rings is 1. The molecule has 0 spiro atoms. The van der Waals surface area contributed by atoms with E-state index in [-0.39, 0.29) is 78.6 Å². The summed E-state index contributed by atoms with van der Waals surface area (Å²) in [6.07, 6.45) is 6.04. The zero-order valence-electron chi connectivity index (χ0n) is 53.1. The number of para-hydroxylation sites is 1. The molecule has 4 saturated carbocycles. The van der Waals surface area contributed by atoms with Gasteiger partial charge in [0.05, 0.1) is 34.7 Å². The number of pyridine rings is 1. The third-order valence-corrected chi connectivity index (χ3v) is 20.4. The van der Waals surface area contributed by atoms with Gasteiger partial charge in [-0.25, -0.2) is 24.4 Å². The molecule has 6 atom stereocenters. The highest BCUT2D eigenvalue weighted by molar-refractivity contribution is 7.22. The summed E-state index contributed by atoms with van der Waals surface area (Å²) in [5.41, 5.74) is 5.73. The van der Waals surface area contributed by atoms with E-state index in [0.717, 1.165) is 88.9 Å². The second-order valence-corrected chi connectivity index (χ2v) is 28.2. The second-order valence-electron chi connectivity index (χ2n) is 27.2. The summed E-state index contributed by atoms with van der Waals surface area (Å²) in [5, 5.41) is 52.7. The molecule has 7 aliphatic rings. The number of carbonyl (C=O) groups excluding carboxylic acids is 5. The van der Waals surface area contributed by atoms with E-state index in [0.29, 0.717) is 78.6 Å². The molecule has 6 heterocycles. The number of fused-ring (bicyclic) bond motifs is 2. The number of benzene rings is 3. The number of unbranched alkanes of at least 4 members (excludes halogenated alkanes) is 2. The number of carboxylic acids is 2. The molecule has 5 amide bonds. The molecule has 1 saturated heterocycles. The highest BCUT2D eigenvalue weighted by Gasteiger charge is 2.66. The Morgan fingerprint density at radius 1 is 0.872 bits per heavy atom. The molecule has 3 aromatic heterocycles. The molecule has 4 bridgehead atoms. The van der Waals surface area contributed by atoms with Crippen molar-refractivity contribution in [3.05, 3.63) is 130 Å². The van der Waals surface area contributed by atoms with Gasteiger partial charge in [0.2, 0.25) is 12.2 Å². The number of carboxylic acid groups (broad SMARTS) is 2. The van der Waals surface area contributed by atoms with Crippen LogP contribution in [0.1, 0.15) is 133 Å². The van der Waals surface area contributed by atoms with Crippen molar-refractivity contribution in [3.63, 3.8) is 0 Å². The highest BCUT2D eigenvalue weighted by Crippen LogP contribution is 2.72. The van der Waals surface area contributed by atoms with E-state index < -0.39 is 60.0 Å². The van der Waals surface area contributed by atoms with Crippen molar-refractivity contribution in [2.45, 2.75) is 154 Å². The van der Waals surface area contributed by atoms with E-state index in [2.05, 4.69) is 29.5 Å². The van der Waals surface area contributed by atoms with Crippen molar-refractivity contribution in [1.29, 1.82) is 0 Å². The van der Waals surface area contributed by atoms with Crippen LogP contribution in [0.4, 0.5) is 15.7 Å². The molecule has 24 nitrogen and oxygen atoms in total. The van der Waals surface area contributed by atoms with Gasteiger partial charge in [-0.05, 0) is 140 Å². The first-order valence-electron chi connectivity index (χ1n) is 32.1. The summed E-state index contributed by atoms with van der Waals surface area (Å²) >= 11 is 1.41. The molecule has 25 heteroatoms. The van der Waals surface area contributed by atoms with Gasteiger partial charge in [-0.3, -0.25) is 34.1 Å². The van der Waals surface area contributed by atoms with Crippen molar-refractivity contribution in [2.24, 2.45) is 16.2 Å². The Bertz CT molecular complexity index is 3910. The predicted molar refractivity (Wildman–Crippen MR) is 345 cm³/mol. The Labute approximate surface area is 547 Å². The molecule has 13 rings (SSSR count). The molecule has 3 aromatic carbocycles. The van der Waals surface area contributed by atoms with Crippen LogP contribution >= 0.6 is 11.3 Å². The van der Waals surface area contributed by atoms with Crippen molar-refractivity contribution >= 4 is 74.2 Å². The van der Waals surface area contributed by atoms with Gasteiger partial charge < -0.3 is 54.5 Å². The topological polar surface area (TPSA) is 315 Å². The molecule has 496 valence electrons. The van der Waals surface area contributed by atoms with Crippen LogP contribution in [-0.4, -0.2) is 162 Å². The van der Waals surface area contributed by atoms with Gasteiger partial charge in [0.15, 0.2) is 16.9 Å². The first-order chi connectivity index (χ1) is 45.0. The Balaban J connectivity index is 0.664. The number of likely N-dealkylation sites (N-methyl/N-ethyl adjacent to an activating group) is 1. The molecular weight excluding hydrogens is 1230 g/mol. The van der Waals surface area contributed by atoms with Crippen LogP contribution in [0.5, 0.6) is 5.75 Å². The predicted octanol–water partition coefficient (Wildman–Crippen LogP) is 8.23. The third-order valence-electron chi connectivity index (χ3n) is 19.5. The minimum Gasteiger partial charge on any atom is -0.479 e. The fraction of sp³-hybridized carbons (Fsp3) is 0.478. The molecular formula is C69H79N9O15S. The minimum absolute atomic E-state index is 0.000105. The summed E-state index contributed by atoms with van der Waals surface area (Å²) in [5.74, 6) is -3.31. The van der Waals surface area contributed by atoms with Gasteiger partial charge in [0.25, 0.3) is 17.7 Å². The van der Waals surface area contributed by atoms with Crippen LogP contribution in [0.3, 0.4) is 0 Å². The molecule has 6 N–H and O–H groups in total. The number of anilines is 2. The maximum Gasteiger partial charge on any atom is 0.409 e. The third kappa shape index (κ3) is 14.1. The summed E-state index contributed by atoms with van der Waals surface area (Å²) in [6.45, 7) is 8.90. The molecule has 0 radical (unpaired) electrons. The van der Waals surface area contributed by atoms with E-state index in [9.17, 15) is 54.0 Å². The molecule has 2 unspecified atom stereocenters. The van der Waals surface area contributed by atoms with Gasteiger partial charge in [0.1, 0.15) is 24.3 Å². The number of nitrogens with one attached hydrogen (secondary N) is 2. The molecule has 4 aliphatic carbocycles. The molecule has 94 heavy (non-hydrogen) atoms. The van der Waals surface area contributed by atoms with E-state index >= 15 is 0 Å². The van der Waals surface area contributed by atoms with Crippen molar-refractivity contribution in [3.8, 4) is 16.9 Å². The number of imide groups is 1. The number of hydrogen-bond acceptors (Lipinski definition) is 18. The van der Waals surface area contributed by atoms with E-state index in [1.54, 1.807) is 31.4 Å². The number of ether oxygens (including phenoxy) is 4. The number of carbonyl (C=O) groups is 7. The van der Waals surface area contributed by atoms with Crippen LogP contribution in [0.2, 0.25) is 0 Å². The standard InChI is InChI=1S/C69H79N9O15S/c1-41-47(45-18-19-53(73-58(45)62(85)86)76-25-22-43-12-10-13-46(48(43)32-76)61(84)74-64-72-49-14-7-8-15-52(49)94-64)31-71-78(41)40-68-35-66(2)34-67(3,36-68)38-69(37-66,39-68)91-28-27-75(4)65(89)90-33-44-17-16-42(29-51(44)92-57-30-50(79)59(83)60(93-57)63(87)88)11-6-5-9-24-70-54(80)23-26-77-55(81)20-21-56(77)82/h7-8,10,12-21,29,31,50,57,59-60,79,83H,5-6,9,11,22-28,30,32-40H2,1-4H3,(H,70,80)(H,85,86)(H,87,88)(H,72,74,84)/t50-,57-,59+,60+,66?,67?,68?,69?/m1/s1. The van der Waals surface area contributed by atoms with Crippen LogP contribution < -0.4 is 20.3 Å². The van der Waals surface area contributed by atoms with E-state index in [1.165, 1.54) is 28.4 Å². The Kier molecular flexibility index (Phi) is 18.6. The number of aryl methyl sites for hydroxylation is 1. The van der Waals surface area contributed by atoms with Crippen molar-refractivity contribution < 1.29 is 72.9 Å². The lowest BCUT2D eigenvalue weighted by molar-refractivity contribution is -0.248. The van der Waals surface area contributed by atoms with Gasteiger partial charge in [-0.2, -0.15) is 5.10 Å². The highest BCUT2D eigenvalue weighted by atomic mass is 32.1. The van der Waals surface area contributed by atoms with Gasteiger partial charge in [0, 0.05) is 99.3 Å². The Morgan fingerprint density at radius 2 is 1.65 bits per heavy atom. The number of amides is 5. The number of aliphatic carboxylic acids is 1. The lowest BCUT2D eigenvalue weighted by atomic mass is 9.39. The van der Waals surface area contributed by atoms with Gasteiger partial charge in [-0.15, -0.1) is 0 Å². The van der Waals surface area contributed by atoms with Crippen LogP contribution in [0.15, 0.2) is 91.1 Å². The zero-order valence-corrected chi connectivity index (χ0v) is 54.0. The normalized spacial score (nSPS) is 25.2. The fourth-order valence-electron chi connectivity index (χ4n) is 16.2. The number of aromatic nitrogens is 4. The van der Waals surface area contributed by atoms with E-state index in [1.807, 2.05) is 71.1 Å². The van der Waals surface area contributed by atoms with Gasteiger partial charge >= 0.3 is 18.0 Å². The van der Waals surface area contributed by atoms with Crippen LogP contribution in [0, 0.1) is 23.2 Å². The Morgan fingerprint density at radius 3 is 2.40 bits per heavy atom. The number of rotatable bonds is 25. The van der Waals surface area contributed by atoms with Gasteiger partial charge in [-0.1, -0.05) is 68.0 Å². The summed E-state index contributed by atoms with van der Waals surface area (Å²) in [4.78, 5) is 103. The maximum absolute atomic E-state index is 13.8. The first-order valence-corrected chi connectivity index (χ1v) is 32.9. The average molecular weight is 1310 g/mol. The lowest BCUT2D eigenvalue weighted by Crippen LogP contribution is -2.64. The first kappa shape index (κ1) is 65.4. The van der Waals surface area contributed by atoms with Crippen LogP contribution in [-0.2, 0) is 65.9 Å². The average Bonchev–Trinajstić information content (AvgIpc) is 0.749. The summed E-state index contributed by atoms with van der Waals surface area (Å²) in [6, 6.07) is 22.5. The largest absolute Gasteiger partial charge is 0.479 e. The zero-order chi connectivity index (χ0) is 66.3. The minimum atomic E-state index is -1.74. The molecule has 3 aliphatic heterocycles. The Hall–Kier alpha value is -8.62. The number of aliphatic hydroxyl groups is 2. The smallest absolute Gasteiger partial charge is 0.409 e.